The lowest BCUT2D eigenvalue weighted by atomic mass is 9.98. The molecular formula is C20H16FNO3. The molecule has 0 saturated heterocycles. The van der Waals surface area contributed by atoms with Crippen molar-refractivity contribution < 1.29 is 14.1 Å². The van der Waals surface area contributed by atoms with E-state index in [0.29, 0.717) is 17.7 Å². The Balaban J connectivity index is 1.99. The van der Waals surface area contributed by atoms with E-state index in [0.717, 1.165) is 16.7 Å². The van der Waals surface area contributed by atoms with Crippen LogP contribution in [0, 0.1) is 15.9 Å². The number of rotatable bonds is 5. The zero-order valence-electron chi connectivity index (χ0n) is 13.6. The van der Waals surface area contributed by atoms with E-state index in [1.54, 1.807) is 25.3 Å². The number of nitro benzene ring substituents is 1. The van der Waals surface area contributed by atoms with Crippen LogP contribution in [0.25, 0.3) is 11.1 Å². The van der Waals surface area contributed by atoms with Crippen LogP contribution in [0.2, 0.25) is 0 Å². The maximum atomic E-state index is 13.0. The maximum absolute atomic E-state index is 13.0. The number of hydrogen-bond acceptors (Lipinski definition) is 3. The molecule has 3 aromatic rings. The van der Waals surface area contributed by atoms with Crippen LogP contribution < -0.4 is 4.74 Å². The minimum absolute atomic E-state index is 0.0310. The summed E-state index contributed by atoms with van der Waals surface area (Å²) in [5.41, 5.74) is 3.52. The minimum Gasteiger partial charge on any atom is -0.496 e. The summed E-state index contributed by atoms with van der Waals surface area (Å²) in [5.74, 6) is 0.374. The third-order valence-corrected chi connectivity index (χ3v) is 3.95. The van der Waals surface area contributed by atoms with Crippen molar-refractivity contribution in [1.82, 2.24) is 0 Å². The van der Waals surface area contributed by atoms with Gasteiger partial charge in [0.05, 0.1) is 12.0 Å². The molecule has 5 heteroatoms. The SMILES string of the molecule is COc1ccc(Cc2ccc(F)cc2)cc1-c1cccc([N+](=O)[O-])c1. The molecule has 4 nitrogen and oxygen atoms in total. The lowest BCUT2D eigenvalue weighted by molar-refractivity contribution is -0.384. The third kappa shape index (κ3) is 3.83. The van der Waals surface area contributed by atoms with Gasteiger partial charge in [-0.1, -0.05) is 30.3 Å². The van der Waals surface area contributed by atoms with Gasteiger partial charge in [0.15, 0.2) is 0 Å². The van der Waals surface area contributed by atoms with E-state index in [9.17, 15) is 14.5 Å². The van der Waals surface area contributed by atoms with Crippen LogP contribution in [0.4, 0.5) is 10.1 Å². The first-order valence-electron chi connectivity index (χ1n) is 7.73. The predicted molar refractivity (Wildman–Crippen MR) is 94.3 cm³/mol. The molecule has 0 aliphatic carbocycles. The molecular weight excluding hydrogens is 321 g/mol. The van der Waals surface area contributed by atoms with Gasteiger partial charge in [-0.05, 0) is 47.4 Å². The van der Waals surface area contributed by atoms with E-state index < -0.39 is 4.92 Å². The van der Waals surface area contributed by atoms with E-state index in [-0.39, 0.29) is 11.5 Å². The predicted octanol–water partition coefficient (Wildman–Crippen LogP) is 5.00. The van der Waals surface area contributed by atoms with E-state index in [1.807, 2.05) is 24.3 Å². The number of methoxy groups -OCH3 is 1. The number of hydrogen-bond donors (Lipinski definition) is 0. The molecule has 0 spiro atoms. The lowest BCUT2D eigenvalue weighted by Gasteiger charge is -2.11. The van der Waals surface area contributed by atoms with Gasteiger partial charge < -0.3 is 4.74 Å². The minimum atomic E-state index is -0.418. The number of ether oxygens (including phenoxy) is 1. The van der Waals surface area contributed by atoms with Crippen molar-refractivity contribution in [3.8, 4) is 16.9 Å². The zero-order chi connectivity index (χ0) is 17.8. The highest BCUT2D eigenvalue weighted by molar-refractivity contribution is 5.73. The number of halogens is 1. The Morgan fingerprint density at radius 3 is 2.40 bits per heavy atom. The largest absolute Gasteiger partial charge is 0.496 e. The van der Waals surface area contributed by atoms with Crippen LogP contribution in [-0.4, -0.2) is 12.0 Å². The molecule has 0 saturated carbocycles. The van der Waals surface area contributed by atoms with Crippen LogP contribution in [0.15, 0.2) is 66.7 Å². The van der Waals surface area contributed by atoms with Gasteiger partial charge in [-0.15, -0.1) is 0 Å². The monoisotopic (exact) mass is 337 g/mol. The average Bonchev–Trinajstić information content (AvgIpc) is 2.63. The quantitative estimate of drug-likeness (QED) is 0.486. The Kier molecular flexibility index (Phi) is 4.75. The van der Waals surface area contributed by atoms with Crippen molar-refractivity contribution >= 4 is 5.69 Å². The highest BCUT2D eigenvalue weighted by Gasteiger charge is 2.12. The van der Waals surface area contributed by atoms with Crippen LogP contribution in [0.1, 0.15) is 11.1 Å². The van der Waals surface area contributed by atoms with Gasteiger partial charge in [-0.3, -0.25) is 10.1 Å². The highest BCUT2D eigenvalue weighted by atomic mass is 19.1. The normalized spacial score (nSPS) is 10.5. The standard InChI is InChI=1S/C20H16FNO3/c1-25-20-10-7-15(11-14-5-8-17(21)9-6-14)12-19(20)16-3-2-4-18(13-16)22(23)24/h2-10,12-13H,11H2,1H3. The van der Waals surface area contributed by atoms with Crippen molar-refractivity contribution in [1.29, 1.82) is 0 Å². The number of benzene rings is 3. The molecule has 0 heterocycles. The van der Waals surface area contributed by atoms with Gasteiger partial charge >= 0.3 is 0 Å². The Morgan fingerprint density at radius 2 is 1.72 bits per heavy atom. The first kappa shape index (κ1) is 16.6. The second-order valence-electron chi connectivity index (χ2n) is 5.65. The summed E-state index contributed by atoms with van der Waals surface area (Å²) in [6.07, 6.45) is 0.631. The van der Waals surface area contributed by atoms with Gasteiger partial charge in [0, 0.05) is 17.7 Å². The Morgan fingerprint density at radius 1 is 1.00 bits per heavy atom. The number of nitro groups is 1. The van der Waals surface area contributed by atoms with E-state index in [1.165, 1.54) is 24.3 Å². The second-order valence-corrected chi connectivity index (χ2v) is 5.65. The molecule has 3 aromatic carbocycles. The molecule has 0 fully saturated rings. The van der Waals surface area contributed by atoms with Crippen molar-refractivity contribution in [3.05, 3.63) is 93.8 Å². The molecule has 0 amide bonds. The first-order chi connectivity index (χ1) is 12.1. The van der Waals surface area contributed by atoms with Gasteiger partial charge in [0.1, 0.15) is 11.6 Å². The van der Waals surface area contributed by atoms with Gasteiger partial charge in [0.2, 0.25) is 0 Å². The molecule has 0 unspecified atom stereocenters. The van der Waals surface area contributed by atoms with Gasteiger partial charge in [-0.25, -0.2) is 4.39 Å². The summed E-state index contributed by atoms with van der Waals surface area (Å²) < 4.78 is 18.4. The third-order valence-electron chi connectivity index (χ3n) is 3.95. The fourth-order valence-electron chi connectivity index (χ4n) is 2.72. The Hall–Kier alpha value is -3.21. The van der Waals surface area contributed by atoms with Crippen LogP contribution in [0.5, 0.6) is 5.75 Å². The van der Waals surface area contributed by atoms with E-state index >= 15 is 0 Å². The van der Waals surface area contributed by atoms with E-state index in [4.69, 9.17) is 4.74 Å². The topological polar surface area (TPSA) is 52.4 Å². The summed E-state index contributed by atoms with van der Waals surface area (Å²) in [5, 5.41) is 11.0. The molecule has 3 rings (SSSR count). The molecule has 0 bridgehead atoms. The molecule has 0 N–H and O–H groups in total. The van der Waals surface area contributed by atoms with Crippen LogP contribution >= 0.6 is 0 Å². The molecule has 0 aliphatic rings. The Labute approximate surface area is 144 Å². The average molecular weight is 337 g/mol. The number of non-ortho nitro benzene ring substituents is 1. The highest BCUT2D eigenvalue weighted by Crippen LogP contribution is 2.33. The molecule has 0 radical (unpaired) electrons. The van der Waals surface area contributed by atoms with Crippen molar-refractivity contribution in [2.45, 2.75) is 6.42 Å². The van der Waals surface area contributed by atoms with Crippen molar-refractivity contribution in [3.63, 3.8) is 0 Å². The summed E-state index contributed by atoms with van der Waals surface area (Å²) in [6.45, 7) is 0. The maximum Gasteiger partial charge on any atom is 0.270 e. The molecule has 25 heavy (non-hydrogen) atoms. The van der Waals surface area contributed by atoms with Crippen LogP contribution in [0.3, 0.4) is 0 Å². The van der Waals surface area contributed by atoms with Gasteiger partial charge in [0.25, 0.3) is 5.69 Å². The first-order valence-corrected chi connectivity index (χ1v) is 7.73. The molecule has 126 valence electrons. The summed E-state index contributed by atoms with van der Waals surface area (Å²) in [7, 11) is 1.57. The molecule has 0 aromatic heterocycles. The number of nitrogens with zero attached hydrogens (tertiary/aromatic N) is 1. The van der Waals surface area contributed by atoms with E-state index in [2.05, 4.69) is 0 Å². The summed E-state index contributed by atoms with van der Waals surface area (Å²) >= 11 is 0. The fourth-order valence-corrected chi connectivity index (χ4v) is 2.72. The Bertz CT molecular complexity index is 907. The zero-order valence-corrected chi connectivity index (χ0v) is 13.6. The summed E-state index contributed by atoms with van der Waals surface area (Å²) in [4.78, 5) is 10.6. The summed E-state index contributed by atoms with van der Waals surface area (Å²) in [6, 6.07) is 18.5. The molecule has 0 aliphatic heterocycles. The fraction of sp³-hybridized carbons (Fsp3) is 0.100. The van der Waals surface area contributed by atoms with Crippen molar-refractivity contribution in [2.75, 3.05) is 7.11 Å². The van der Waals surface area contributed by atoms with Crippen molar-refractivity contribution in [2.24, 2.45) is 0 Å². The van der Waals surface area contributed by atoms with Crippen LogP contribution in [-0.2, 0) is 6.42 Å². The second kappa shape index (κ2) is 7.13. The van der Waals surface area contributed by atoms with Gasteiger partial charge in [-0.2, -0.15) is 0 Å². The smallest absolute Gasteiger partial charge is 0.270 e. The lowest BCUT2D eigenvalue weighted by Crippen LogP contribution is -1.94. The molecule has 0 atom stereocenters.